The molecule has 146 valence electrons. The smallest absolute Gasteiger partial charge is 0.307 e. The third kappa shape index (κ3) is 3.28. The number of carboxylic acids is 1. The van der Waals surface area contributed by atoms with Crippen molar-refractivity contribution in [2.45, 2.75) is 26.8 Å². The van der Waals surface area contributed by atoms with Crippen LogP contribution in [0, 0.1) is 37.5 Å². The van der Waals surface area contributed by atoms with Crippen LogP contribution in [0.5, 0.6) is 0 Å². The zero-order chi connectivity index (χ0) is 20.0. The van der Waals surface area contributed by atoms with Gasteiger partial charge in [-0.25, -0.2) is 0 Å². The molecule has 0 saturated heterocycles. The van der Waals surface area contributed by atoms with Gasteiger partial charge in [0.25, 0.3) is 0 Å². The van der Waals surface area contributed by atoms with Crippen LogP contribution in [0.2, 0.25) is 0 Å². The van der Waals surface area contributed by atoms with E-state index in [2.05, 4.69) is 26.3 Å². The number of nitrogens with zero attached hydrogens (tertiary/aromatic N) is 2. The molecule has 2 aliphatic carbocycles. The number of nitrogens with one attached hydrogen (secondary N) is 1. The van der Waals surface area contributed by atoms with Gasteiger partial charge in [0.05, 0.1) is 35.5 Å². The lowest BCUT2D eigenvalue weighted by atomic mass is 9.82. The van der Waals surface area contributed by atoms with Crippen molar-refractivity contribution in [1.29, 1.82) is 0 Å². The van der Waals surface area contributed by atoms with Crippen molar-refractivity contribution in [3.63, 3.8) is 0 Å². The fourth-order valence-corrected chi connectivity index (χ4v) is 4.78. The van der Waals surface area contributed by atoms with Gasteiger partial charge < -0.3 is 10.4 Å². The predicted molar refractivity (Wildman–Crippen MR) is 109 cm³/mol. The van der Waals surface area contributed by atoms with Crippen LogP contribution in [0.3, 0.4) is 0 Å². The molecule has 2 aromatic rings. The highest BCUT2D eigenvalue weighted by Gasteiger charge is 2.51. The molecule has 1 fully saturated rings. The maximum absolute atomic E-state index is 13.0. The number of aliphatic carboxylic acids is 1. The van der Waals surface area contributed by atoms with Crippen LogP contribution < -0.4 is 5.32 Å². The lowest BCUT2D eigenvalue weighted by molar-refractivity contribution is -0.146. The number of benzene rings is 1. The Bertz CT molecular complexity index is 964. The van der Waals surface area contributed by atoms with Gasteiger partial charge in [-0.15, -0.1) is 0 Å². The molecule has 28 heavy (non-hydrogen) atoms. The van der Waals surface area contributed by atoms with E-state index in [4.69, 9.17) is 0 Å². The van der Waals surface area contributed by atoms with Crippen molar-refractivity contribution in [3.8, 4) is 0 Å². The van der Waals surface area contributed by atoms with Crippen LogP contribution >= 0.6 is 15.9 Å². The number of hydrogen-bond acceptors (Lipinski definition) is 3. The summed E-state index contributed by atoms with van der Waals surface area (Å²) in [7, 11) is 0. The van der Waals surface area contributed by atoms with Crippen LogP contribution in [-0.2, 0) is 16.1 Å². The van der Waals surface area contributed by atoms with E-state index in [0.717, 1.165) is 27.8 Å². The van der Waals surface area contributed by atoms with Crippen LogP contribution in [0.15, 0.2) is 40.9 Å². The van der Waals surface area contributed by atoms with E-state index in [9.17, 15) is 14.7 Å². The number of amides is 1. The number of hydrogen-bond donors (Lipinski definition) is 2. The maximum Gasteiger partial charge on any atom is 0.307 e. The molecule has 0 radical (unpaired) electrons. The average molecular weight is 444 g/mol. The van der Waals surface area contributed by atoms with E-state index >= 15 is 0 Å². The number of fused-ring (bicyclic) bond motifs is 2. The van der Waals surface area contributed by atoms with Gasteiger partial charge in [-0.1, -0.05) is 40.2 Å². The van der Waals surface area contributed by atoms with Crippen LogP contribution in [-0.4, -0.2) is 26.8 Å². The highest BCUT2D eigenvalue weighted by atomic mass is 79.9. The standard InChI is InChI=1S/C21H22BrN3O3/c1-11-19(12(2)25(24-11)10-13-3-7-16(22)8-4-13)23-20(26)17-14-5-6-15(9-14)18(17)21(27)28/h3-8,14-15,17-18H,9-10H2,1-2H3,(H,23,26)(H,27,28)/t14-,15-,17-,18-/m0/s1. The number of aromatic nitrogens is 2. The molecule has 1 heterocycles. The second kappa shape index (κ2) is 7.20. The van der Waals surface area contributed by atoms with Crippen LogP contribution in [0.25, 0.3) is 0 Å². The molecule has 2 N–H and O–H groups in total. The number of carbonyl (C=O) groups excluding carboxylic acids is 1. The molecular weight excluding hydrogens is 422 g/mol. The van der Waals surface area contributed by atoms with Gasteiger partial charge in [0.2, 0.25) is 5.91 Å². The van der Waals surface area contributed by atoms with Crippen molar-refractivity contribution in [2.75, 3.05) is 5.32 Å². The number of aryl methyl sites for hydroxylation is 1. The van der Waals surface area contributed by atoms with Crippen LogP contribution in [0.4, 0.5) is 5.69 Å². The Morgan fingerprint density at radius 2 is 1.82 bits per heavy atom. The van der Waals surface area contributed by atoms with Gasteiger partial charge in [-0.3, -0.25) is 14.3 Å². The number of carbonyl (C=O) groups is 2. The first-order valence-corrected chi connectivity index (χ1v) is 10.1. The topological polar surface area (TPSA) is 84.2 Å². The monoisotopic (exact) mass is 443 g/mol. The summed E-state index contributed by atoms with van der Waals surface area (Å²) in [6, 6.07) is 8.02. The first-order valence-electron chi connectivity index (χ1n) is 9.35. The summed E-state index contributed by atoms with van der Waals surface area (Å²) in [6.45, 7) is 4.38. The quantitative estimate of drug-likeness (QED) is 0.688. The van der Waals surface area contributed by atoms with E-state index in [1.165, 1.54) is 0 Å². The van der Waals surface area contributed by atoms with E-state index in [1.807, 2.05) is 54.9 Å². The normalized spacial score (nSPS) is 25.2. The summed E-state index contributed by atoms with van der Waals surface area (Å²) in [5.74, 6) is -2.32. The minimum atomic E-state index is -0.892. The summed E-state index contributed by atoms with van der Waals surface area (Å²) >= 11 is 3.43. The Kier molecular flexibility index (Phi) is 4.87. The zero-order valence-electron chi connectivity index (χ0n) is 15.7. The van der Waals surface area contributed by atoms with Crippen molar-refractivity contribution in [2.24, 2.45) is 23.7 Å². The number of anilines is 1. The molecule has 0 spiro atoms. The number of halogens is 1. The highest BCUT2D eigenvalue weighted by Crippen LogP contribution is 2.48. The van der Waals surface area contributed by atoms with Crippen molar-refractivity contribution in [1.82, 2.24) is 9.78 Å². The zero-order valence-corrected chi connectivity index (χ0v) is 17.3. The molecule has 1 aromatic carbocycles. The summed E-state index contributed by atoms with van der Waals surface area (Å²) in [5.41, 5.74) is 3.38. The largest absolute Gasteiger partial charge is 0.481 e. The van der Waals surface area contributed by atoms with E-state index in [0.29, 0.717) is 12.2 Å². The minimum Gasteiger partial charge on any atom is -0.481 e. The average Bonchev–Trinajstić information content (AvgIpc) is 3.33. The van der Waals surface area contributed by atoms with Gasteiger partial charge in [0.1, 0.15) is 0 Å². The van der Waals surface area contributed by atoms with Gasteiger partial charge in [-0.2, -0.15) is 5.10 Å². The second-order valence-corrected chi connectivity index (χ2v) is 8.57. The molecule has 2 aliphatic rings. The Morgan fingerprint density at radius 3 is 2.46 bits per heavy atom. The molecule has 6 nitrogen and oxygen atoms in total. The van der Waals surface area contributed by atoms with E-state index in [-0.39, 0.29) is 17.7 Å². The van der Waals surface area contributed by atoms with Gasteiger partial charge in [0, 0.05) is 4.47 Å². The summed E-state index contributed by atoms with van der Waals surface area (Å²) in [6.07, 6.45) is 4.68. The number of allylic oxidation sites excluding steroid dienone is 2. The lowest BCUT2D eigenvalue weighted by Crippen LogP contribution is -2.36. The SMILES string of the molecule is Cc1nn(Cc2ccc(Br)cc2)c(C)c1NC(=O)[C@@H]1[C@@H](C(=O)O)[C@H]2C=C[C@H]1C2. The molecule has 1 amide bonds. The van der Waals surface area contributed by atoms with Gasteiger partial charge in [0.15, 0.2) is 0 Å². The van der Waals surface area contributed by atoms with Gasteiger partial charge >= 0.3 is 5.97 Å². The summed E-state index contributed by atoms with van der Waals surface area (Å²) < 4.78 is 2.88. The van der Waals surface area contributed by atoms with Crippen molar-refractivity contribution < 1.29 is 14.7 Å². The fourth-order valence-electron chi connectivity index (χ4n) is 4.52. The Balaban J connectivity index is 1.54. The Hall–Kier alpha value is -2.41. The van der Waals surface area contributed by atoms with Crippen LogP contribution in [0.1, 0.15) is 23.4 Å². The molecule has 0 aliphatic heterocycles. The molecule has 1 saturated carbocycles. The number of rotatable bonds is 5. The third-order valence-corrected chi connectivity index (χ3v) is 6.45. The third-order valence-electron chi connectivity index (χ3n) is 5.92. The fraction of sp³-hybridized carbons (Fsp3) is 0.381. The van der Waals surface area contributed by atoms with E-state index < -0.39 is 17.8 Å². The first kappa shape index (κ1) is 18.9. The molecular formula is C21H22BrN3O3. The first-order chi connectivity index (χ1) is 13.3. The molecule has 4 rings (SSSR count). The molecule has 7 heteroatoms. The van der Waals surface area contributed by atoms with Gasteiger partial charge in [-0.05, 0) is 49.8 Å². The summed E-state index contributed by atoms with van der Waals surface area (Å²) in [4.78, 5) is 24.7. The van der Waals surface area contributed by atoms with E-state index in [1.54, 1.807) is 0 Å². The molecule has 0 unspecified atom stereocenters. The number of carboxylic acid groups (broad SMARTS) is 1. The summed E-state index contributed by atoms with van der Waals surface area (Å²) in [5, 5.41) is 17.1. The highest BCUT2D eigenvalue weighted by molar-refractivity contribution is 9.10. The lowest BCUT2D eigenvalue weighted by Gasteiger charge is -2.23. The molecule has 2 bridgehead atoms. The van der Waals surface area contributed by atoms with Crippen molar-refractivity contribution >= 4 is 33.5 Å². The minimum absolute atomic E-state index is 0.00419. The second-order valence-electron chi connectivity index (χ2n) is 7.66. The molecule has 1 aromatic heterocycles. The van der Waals surface area contributed by atoms with Crippen molar-refractivity contribution in [3.05, 3.63) is 57.8 Å². The Morgan fingerprint density at radius 1 is 1.18 bits per heavy atom. The Labute approximate surface area is 171 Å². The maximum atomic E-state index is 13.0. The predicted octanol–water partition coefficient (Wildman–Crippen LogP) is 3.77. The molecule has 4 atom stereocenters.